The van der Waals surface area contributed by atoms with Crippen LogP contribution in [-0.2, 0) is 13.6 Å². The Kier molecular flexibility index (Phi) is 8.75. The lowest BCUT2D eigenvalue weighted by Crippen LogP contribution is -2.22. The van der Waals surface area contributed by atoms with Crippen molar-refractivity contribution >= 4 is 7.82 Å². The maximum Gasteiger partial charge on any atom is 0.471 e. The molecule has 0 spiro atoms. The molecule has 18 heavy (non-hydrogen) atoms. The smallest absolute Gasteiger partial charge is 0.358 e. The Bertz CT molecular complexity index is 301. The quantitative estimate of drug-likeness (QED) is 0.752. The zero-order valence-electron chi connectivity index (χ0n) is 11.3. The van der Waals surface area contributed by atoms with Gasteiger partial charge in [0.25, 0.3) is 0 Å². The molecule has 0 amide bonds. The summed E-state index contributed by atoms with van der Waals surface area (Å²) < 4.78 is 18.0. The first-order valence-electron chi connectivity index (χ1n) is 5.74. The van der Waals surface area contributed by atoms with Crippen LogP contribution in [0.4, 0.5) is 0 Å². The van der Waals surface area contributed by atoms with Gasteiger partial charge < -0.3 is 14.7 Å². The fourth-order valence-electron chi connectivity index (χ4n) is 1.18. The predicted octanol–water partition coefficient (Wildman–Crippen LogP) is 2.36. The highest BCUT2D eigenvalue weighted by molar-refractivity contribution is 7.47. The summed E-state index contributed by atoms with van der Waals surface area (Å²) in [6.45, 7) is 8.06. The number of nitrogens with zero attached hydrogens (tertiary/aromatic N) is 2. The number of phosphoric acid groups is 1. The minimum absolute atomic E-state index is 0.976. The molecule has 1 N–H and O–H groups in total. The van der Waals surface area contributed by atoms with Gasteiger partial charge in [0.15, 0.2) is 0 Å². The van der Waals surface area contributed by atoms with E-state index in [-0.39, 0.29) is 0 Å². The lowest BCUT2D eigenvalue weighted by atomic mass is 10.3. The standard InChI is InChI=1S/C9H16N2.C2H7O4P/c1-3-5-6-11-8-7-10(4-2)9-11;1-5-7(3,4)6-2/h4,7-8H,2-3,5-6,9H2,1H3;1-2H3,(H,3,4). The van der Waals surface area contributed by atoms with Crippen molar-refractivity contribution in [2.24, 2.45) is 0 Å². The Morgan fingerprint density at radius 3 is 2.39 bits per heavy atom. The van der Waals surface area contributed by atoms with Gasteiger partial charge in [-0.15, -0.1) is 0 Å². The molecule has 0 saturated carbocycles. The second-order valence-electron chi connectivity index (χ2n) is 3.64. The van der Waals surface area contributed by atoms with E-state index in [0.29, 0.717) is 0 Å². The molecule has 6 nitrogen and oxygen atoms in total. The highest BCUT2D eigenvalue weighted by Gasteiger charge is 2.13. The predicted molar refractivity (Wildman–Crippen MR) is 71.5 cm³/mol. The molecule has 0 aromatic heterocycles. The number of hydrogen-bond donors (Lipinski definition) is 1. The third-order valence-electron chi connectivity index (χ3n) is 2.31. The van der Waals surface area contributed by atoms with Crippen LogP contribution in [0.5, 0.6) is 0 Å². The van der Waals surface area contributed by atoms with Crippen LogP contribution in [0.2, 0.25) is 0 Å². The van der Waals surface area contributed by atoms with Gasteiger partial charge in [-0.1, -0.05) is 19.9 Å². The molecule has 1 rings (SSSR count). The topological polar surface area (TPSA) is 62.2 Å². The molecule has 7 heteroatoms. The largest absolute Gasteiger partial charge is 0.471 e. The molecular weight excluding hydrogens is 255 g/mol. The number of phosphoric ester groups is 1. The first-order chi connectivity index (χ1) is 8.49. The van der Waals surface area contributed by atoms with Gasteiger partial charge in [-0.25, -0.2) is 4.57 Å². The summed E-state index contributed by atoms with van der Waals surface area (Å²) >= 11 is 0. The van der Waals surface area contributed by atoms with Crippen LogP contribution >= 0.6 is 7.82 Å². The summed E-state index contributed by atoms with van der Waals surface area (Å²) in [5, 5.41) is 0. The van der Waals surface area contributed by atoms with E-state index in [1.54, 1.807) is 0 Å². The van der Waals surface area contributed by atoms with Gasteiger partial charge in [0.1, 0.15) is 0 Å². The maximum absolute atomic E-state index is 10.1. The third kappa shape index (κ3) is 7.50. The lowest BCUT2D eigenvalue weighted by Gasteiger charge is -2.17. The van der Waals surface area contributed by atoms with Gasteiger partial charge in [0, 0.05) is 33.2 Å². The van der Waals surface area contributed by atoms with Crippen LogP contribution in [-0.4, -0.2) is 42.1 Å². The Balaban J connectivity index is 0.000000360. The van der Waals surface area contributed by atoms with Gasteiger partial charge in [-0.3, -0.25) is 9.05 Å². The van der Waals surface area contributed by atoms with Crippen molar-refractivity contribution in [2.45, 2.75) is 19.8 Å². The highest BCUT2D eigenvalue weighted by atomic mass is 31.2. The van der Waals surface area contributed by atoms with Crippen molar-refractivity contribution in [1.29, 1.82) is 0 Å². The summed E-state index contributed by atoms with van der Waals surface area (Å²) in [6, 6.07) is 0. The number of unbranched alkanes of at least 4 members (excludes halogenated alkanes) is 1. The third-order valence-corrected chi connectivity index (χ3v) is 3.23. The molecule has 1 heterocycles. The Hall–Kier alpha value is -0.810. The first kappa shape index (κ1) is 17.2. The molecule has 0 atom stereocenters. The zero-order chi connectivity index (χ0) is 14.0. The van der Waals surface area contributed by atoms with Gasteiger partial charge >= 0.3 is 7.82 Å². The van der Waals surface area contributed by atoms with E-state index < -0.39 is 7.82 Å². The van der Waals surface area contributed by atoms with Gasteiger partial charge in [-0.05, 0) is 12.6 Å². The van der Waals surface area contributed by atoms with Gasteiger partial charge in [0.05, 0.1) is 6.67 Å². The van der Waals surface area contributed by atoms with Crippen molar-refractivity contribution in [1.82, 2.24) is 9.80 Å². The Morgan fingerprint density at radius 2 is 2.06 bits per heavy atom. The van der Waals surface area contributed by atoms with Crippen LogP contribution in [0.1, 0.15) is 19.8 Å². The molecule has 1 aliphatic rings. The van der Waals surface area contributed by atoms with Gasteiger partial charge in [-0.2, -0.15) is 0 Å². The molecular formula is C11H23N2O4P. The van der Waals surface area contributed by atoms with Crippen molar-refractivity contribution in [2.75, 3.05) is 27.4 Å². The second kappa shape index (κ2) is 9.16. The summed E-state index contributed by atoms with van der Waals surface area (Å²) in [7, 11) is -1.45. The molecule has 0 aromatic rings. The van der Waals surface area contributed by atoms with E-state index >= 15 is 0 Å². The zero-order valence-corrected chi connectivity index (χ0v) is 12.2. The van der Waals surface area contributed by atoms with Crippen molar-refractivity contribution < 1.29 is 18.5 Å². The SMILES string of the molecule is C=CN1C=CN(CCCC)C1.COP(=O)(O)OC. The van der Waals surface area contributed by atoms with E-state index in [0.717, 1.165) is 27.4 Å². The monoisotopic (exact) mass is 278 g/mol. The Morgan fingerprint density at radius 1 is 1.44 bits per heavy atom. The van der Waals surface area contributed by atoms with E-state index in [1.807, 2.05) is 6.20 Å². The second-order valence-corrected chi connectivity index (χ2v) is 5.30. The molecule has 0 aliphatic carbocycles. The average molecular weight is 278 g/mol. The van der Waals surface area contributed by atoms with Gasteiger partial charge in [0.2, 0.25) is 0 Å². The van der Waals surface area contributed by atoms with Crippen LogP contribution in [0.15, 0.2) is 25.2 Å². The van der Waals surface area contributed by atoms with E-state index in [9.17, 15) is 4.57 Å². The normalized spacial score (nSPS) is 14.4. The molecule has 0 radical (unpaired) electrons. The lowest BCUT2D eigenvalue weighted by molar-refractivity contribution is 0.204. The van der Waals surface area contributed by atoms with Crippen molar-refractivity contribution in [3.05, 3.63) is 25.2 Å². The van der Waals surface area contributed by atoms with Crippen LogP contribution in [0.3, 0.4) is 0 Å². The maximum atomic E-state index is 10.1. The van der Waals surface area contributed by atoms with Crippen LogP contribution in [0, 0.1) is 0 Å². The molecule has 0 saturated heterocycles. The molecule has 0 unspecified atom stereocenters. The van der Waals surface area contributed by atoms with Crippen molar-refractivity contribution in [3.8, 4) is 0 Å². The first-order valence-corrected chi connectivity index (χ1v) is 7.23. The van der Waals surface area contributed by atoms with Crippen LogP contribution < -0.4 is 0 Å². The summed E-state index contributed by atoms with van der Waals surface area (Å²) in [5.41, 5.74) is 0. The summed E-state index contributed by atoms with van der Waals surface area (Å²) in [5.74, 6) is 0. The fourth-order valence-corrected chi connectivity index (χ4v) is 1.33. The molecule has 106 valence electrons. The summed E-state index contributed by atoms with van der Waals surface area (Å²) in [6.07, 6.45) is 8.57. The molecule has 0 fully saturated rings. The fraction of sp³-hybridized carbons (Fsp3) is 0.636. The molecule has 0 bridgehead atoms. The van der Waals surface area contributed by atoms with E-state index in [4.69, 9.17) is 4.89 Å². The van der Waals surface area contributed by atoms with Crippen LogP contribution in [0.25, 0.3) is 0 Å². The summed E-state index contributed by atoms with van der Waals surface area (Å²) in [4.78, 5) is 12.6. The Labute approximate surface area is 109 Å². The van der Waals surface area contributed by atoms with E-state index in [1.165, 1.54) is 12.8 Å². The molecule has 0 aromatic carbocycles. The van der Waals surface area contributed by atoms with Crippen molar-refractivity contribution in [3.63, 3.8) is 0 Å². The highest BCUT2D eigenvalue weighted by Crippen LogP contribution is 2.40. The van der Waals surface area contributed by atoms with E-state index in [2.05, 4.69) is 44.7 Å². The number of hydrogen-bond acceptors (Lipinski definition) is 5. The molecule has 1 aliphatic heterocycles. The minimum atomic E-state index is -3.65. The number of rotatable bonds is 6. The minimum Gasteiger partial charge on any atom is -0.358 e. The average Bonchev–Trinajstić information content (AvgIpc) is 2.85.